The molecule has 0 saturated heterocycles. The van der Waals surface area contributed by atoms with Gasteiger partial charge in [-0.15, -0.1) is 0 Å². The summed E-state index contributed by atoms with van der Waals surface area (Å²) in [6.45, 7) is 0. The van der Waals surface area contributed by atoms with Crippen molar-refractivity contribution >= 4 is 15.9 Å². The molecule has 3 unspecified atom stereocenters. The van der Waals surface area contributed by atoms with Gasteiger partial charge < -0.3 is 14.6 Å². The van der Waals surface area contributed by atoms with Gasteiger partial charge in [0, 0.05) is 18.0 Å². The molecule has 1 N–H and O–H groups in total. The van der Waals surface area contributed by atoms with Gasteiger partial charge in [-0.3, -0.25) is 0 Å². The quantitative estimate of drug-likeness (QED) is 0.915. The summed E-state index contributed by atoms with van der Waals surface area (Å²) in [5.41, 5.74) is 0. The maximum absolute atomic E-state index is 9.39. The fraction of sp³-hybridized carbons (Fsp3) is 0.455. The van der Waals surface area contributed by atoms with Crippen LogP contribution in [-0.2, 0) is 4.74 Å². The zero-order valence-electron chi connectivity index (χ0n) is 8.39. The summed E-state index contributed by atoms with van der Waals surface area (Å²) in [6.07, 6.45) is 0.00412. The number of aliphatic hydroxyl groups excluding tert-OH is 1. The zero-order chi connectivity index (χ0) is 10.8. The maximum atomic E-state index is 9.39. The van der Waals surface area contributed by atoms with Crippen molar-refractivity contribution in [1.29, 1.82) is 0 Å². The fourth-order valence-electron chi connectivity index (χ4n) is 1.67. The van der Waals surface area contributed by atoms with Gasteiger partial charge in [0.05, 0.1) is 6.10 Å². The van der Waals surface area contributed by atoms with E-state index < -0.39 is 6.10 Å². The number of benzene rings is 1. The van der Waals surface area contributed by atoms with E-state index in [-0.39, 0.29) is 12.2 Å². The second-order valence-corrected chi connectivity index (χ2v) is 4.53. The van der Waals surface area contributed by atoms with Crippen LogP contribution in [0.3, 0.4) is 0 Å². The van der Waals surface area contributed by atoms with E-state index in [2.05, 4.69) is 15.9 Å². The van der Waals surface area contributed by atoms with Gasteiger partial charge >= 0.3 is 0 Å². The van der Waals surface area contributed by atoms with E-state index in [1.54, 1.807) is 7.11 Å². The zero-order valence-corrected chi connectivity index (χ0v) is 9.98. The highest BCUT2D eigenvalue weighted by atomic mass is 79.9. The second-order valence-electron chi connectivity index (χ2n) is 3.61. The summed E-state index contributed by atoms with van der Waals surface area (Å²) < 4.78 is 11.8. The molecule has 0 spiro atoms. The smallest absolute Gasteiger partial charge is 0.130 e. The highest BCUT2D eigenvalue weighted by Gasteiger charge is 2.42. The maximum Gasteiger partial charge on any atom is 0.130 e. The molecule has 1 aliphatic rings. The molecule has 3 nitrogen and oxygen atoms in total. The third-order valence-corrected chi connectivity index (χ3v) is 3.12. The summed E-state index contributed by atoms with van der Waals surface area (Å²) in [5.74, 6) is 0.803. The predicted octanol–water partition coefficient (Wildman–Crippen LogP) is 1.98. The summed E-state index contributed by atoms with van der Waals surface area (Å²) in [5, 5.41) is 9.39. The van der Waals surface area contributed by atoms with Crippen molar-refractivity contribution in [3.63, 3.8) is 0 Å². The van der Waals surface area contributed by atoms with Crippen molar-refractivity contribution in [2.45, 2.75) is 24.7 Å². The van der Waals surface area contributed by atoms with Gasteiger partial charge in [-0.05, 0) is 24.3 Å². The lowest BCUT2D eigenvalue weighted by Gasteiger charge is -2.39. The minimum absolute atomic E-state index is 0.0359. The Morgan fingerprint density at radius 2 is 2.00 bits per heavy atom. The Morgan fingerprint density at radius 3 is 2.53 bits per heavy atom. The first-order valence-corrected chi connectivity index (χ1v) is 5.63. The Morgan fingerprint density at radius 1 is 1.33 bits per heavy atom. The van der Waals surface area contributed by atoms with Crippen molar-refractivity contribution in [3.8, 4) is 5.75 Å². The van der Waals surface area contributed by atoms with Gasteiger partial charge in [-0.25, -0.2) is 0 Å². The van der Waals surface area contributed by atoms with Gasteiger partial charge in [-0.2, -0.15) is 0 Å². The molecule has 3 atom stereocenters. The van der Waals surface area contributed by atoms with E-state index in [1.807, 2.05) is 24.3 Å². The number of aliphatic hydroxyl groups is 1. The number of halogens is 1. The summed E-state index contributed by atoms with van der Waals surface area (Å²) >= 11 is 3.36. The molecule has 82 valence electrons. The normalized spacial score (nSPS) is 29.7. The van der Waals surface area contributed by atoms with Crippen molar-refractivity contribution < 1.29 is 14.6 Å². The Kier molecular flexibility index (Phi) is 3.29. The second kappa shape index (κ2) is 4.51. The van der Waals surface area contributed by atoms with Crippen LogP contribution >= 0.6 is 15.9 Å². The lowest BCUT2D eigenvalue weighted by Crippen LogP contribution is -2.54. The van der Waals surface area contributed by atoms with E-state index in [0.29, 0.717) is 6.42 Å². The number of methoxy groups -OCH3 is 1. The van der Waals surface area contributed by atoms with E-state index >= 15 is 0 Å². The summed E-state index contributed by atoms with van der Waals surface area (Å²) in [7, 11) is 1.59. The number of hydrogen-bond acceptors (Lipinski definition) is 3. The summed E-state index contributed by atoms with van der Waals surface area (Å²) in [6, 6.07) is 7.63. The van der Waals surface area contributed by atoms with Gasteiger partial charge in [-0.1, -0.05) is 15.9 Å². The van der Waals surface area contributed by atoms with Crippen LogP contribution in [0.25, 0.3) is 0 Å². The lowest BCUT2D eigenvalue weighted by atomic mass is 9.88. The van der Waals surface area contributed by atoms with Gasteiger partial charge in [0.25, 0.3) is 0 Å². The van der Waals surface area contributed by atoms with Gasteiger partial charge in [0.1, 0.15) is 18.0 Å². The van der Waals surface area contributed by atoms with Crippen LogP contribution in [0.15, 0.2) is 28.7 Å². The Bertz CT molecular complexity index is 325. The highest BCUT2D eigenvalue weighted by Crippen LogP contribution is 2.29. The largest absolute Gasteiger partial charge is 0.488 e. The first-order valence-electron chi connectivity index (χ1n) is 4.84. The third kappa shape index (κ3) is 2.33. The van der Waals surface area contributed by atoms with Crippen LogP contribution < -0.4 is 4.74 Å². The van der Waals surface area contributed by atoms with Crippen LogP contribution in [0.5, 0.6) is 5.75 Å². The van der Waals surface area contributed by atoms with Crippen molar-refractivity contribution in [1.82, 2.24) is 0 Å². The predicted molar refractivity (Wildman–Crippen MR) is 60.0 cm³/mol. The molecule has 1 aliphatic carbocycles. The van der Waals surface area contributed by atoms with Crippen LogP contribution in [0.1, 0.15) is 6.42 Å². The molecule has 1 fully saturated rings. The number of ether oxygens (including phenoxy) is 2. The molecule has 1 aromatic carbocycles. The molecular formula is C11H13BrO3. The Hall–Kier alpha value is -0.580. The fourth-order valence-corrected chi connectivity index (χ4v) is 1.93. The third-order valence-electron chi connectivity index (χ3n) is 2.59. The Labute approximate surface area is 97.1 Å². The number of rotatable bonds is 3. The molecule has 0 bridgehead atoms. The summed E-state index contributed by atoms with van der Waals surface area (Å²) in [4.78, 5) is 0. The standard InChI is InChI=1S/C11H13BrO3/c1-14-11-9(13)6-10(11)15-8-4-2-7(12)3-5-8/h2-5,9-11,13H,6H2,1H3. The number of hydrogen-bond donors (Lipinski definition) is 1. The minimum atomic E-state index is -0.393. The molecule has 1 aromatic rings. The van der Waals surface area contributed by atoms with Crippen molar-refractivity contribution in [3.05, 3.63) is 28.7 Å². The first kappa shape index (κ1) is 10.9. The van der Waals surface area contributed by atoms with Crippen LogP contribution in [0, 0.1) is 0 Å². The molecule has 0 aromatic heterocycles. The van der Waals surface area contributed by atoms with Crippen LogP contribution in [0.4, 0.5) is 0 Å². The molecule has 0 amide bonds. The molecule has 0 heterocycles. The van der Waals surface area contributed by atoms with E-state index in [9.17, 15) is 5.11 Å². The molecule has 4 heteroatoms. The van der Waals surface area contributed by atoms with E-state index in [4.69, 9.17) is 9.47 Å². The first-order chi connectivity index (χ1) is 7.20. The molecular weight excluding hydrogens is 260 g/mol. The average molecular weight is 273 g/mol. The SMILES string of the molecule is COC1C(O)CC1Oc1ccc(Br)cc1. The van der Waals surface area contributed by atoms with Gasteiger partial charge in [0.15, 0.2) is 0 Å². The average Bonchev–Trinajstić information content (AvgIpc) is 2.21. The van der Waals surface area contributed by atoms with Gasteiger partial charge in [0.2, 0.25) is 0 Å². The lowest BCUT2D eigenvalue weighted by molar-refractivity contribution is -0.149. The highest BCUT2D eigenvalue weighted by molar-refractivity contribution is 9.10. The Balaban J connectivity index is 1.95. The van der Waals surface area contributed by atoms with Crippen molar-refractivity contribution in [2.75, 3.05) is 7.11 Å². The topological polar surface area (TPSA) is 38.7 Å². The van der Waals surface area contributed by atoms with Crippen LogP contribution in [0.2, 0.25) is 0 Å². The van der Waals surface area contributed by atoms with Crippen LogP contribution in [-0.4, -0.2) is 30.5 Å². The molecule has 0 radical (unpaired) electrons. The minimum Gasteiger partial charge on any atom is -0.488 e. The molecule has 0 aliphatic heterocycles. The monoisotopic (exact) mass is 272 g/mol. The molecule has 2 rings (SSSR count). The molecule has 15 heavy (non-hydrogen) atoms. The van der Waals surface area contributed by atoms with Crippen molar-refractivity contribution in [2.24, 2.45) is 0 Å². The van der Waals surface area contributed by atoms with E-state index in [0.717, 1.165) is 10.2 Å². The molecule has 1 saturated carbocycles. The van der Waals surface area contributed by atoms with E-state index in [1.165, 1.54) is 0 Å².